The fraction of sp³-hybridized carbons (Fsp3) is 0.143. The summed E-state index contributed by atoms with van der Waals surface area (Å²) in [4.78, 5) is 0. The van der Waals surface area contributed by atoms with Crippen LogP contribution in [0.2, 0.25) is 0 Å². The van der Waals surface area contributed by atoms with Crippen molar-refractivity contribution in [1.82, 2.24) is 0 Å². The van der Waals surface area contributed by atoms with Crippen molar-refractivity contribution in [2.24, 2.45) is 0 Å². The molecule has 2 rings (SSSR count). The van der Waals surface area contributed by atoms with Crippen LogP contribution in [0.25, 0.3) is 0 Å². The summed E-state index contributed by atoms with van der Waals surface area (Å²) in [5.41, 5.74) is 2.35. The maximum absolute atomic E-state index is 5.77. The molecule has 75 valence electrons. The number of hydrogen-bond donors (Lipinski definition) is 0. The van der Waals surface area contributed by atoms with E-state index in [0.29, 0.717) is 0 Å². The van der Waals surface area contributed by atoms with E-state index in [4.69, 9.17) is 4.74 Å². The minimum Gasteiger partial charge on any atom is -0.457 e. The summed E-state index contributed by atoms with van der Waals surface area (Å²) in [7, 11) is 0. The number of aryl methyl sites for hydroxylation is 2. The van der Waals surface area contributed by atoms with Crippen molar-refractivity contribution in [3.63, 3.8) is 0 Å². The van der Waals surface area contributed by atoms with Crippen molar-refractivity contribution in [2.45, 2.75) is 13.8 Å². The Bertz CT molecular complexity index is 446. The van der Waals surface area contributed by atoms with Crippen molar-refractivity contribution < 1.29 is 4.74 Å². The van der Waals surface area contributed by atoms with Crippen LogP contribution in [-0.4, -0.2) is 0 Å². The quantitative estimate of drug-likeness (QED) is 0.709. The van der Waals surface area contributed by atoms with Crippen LogP contribution in [0.15, 0.2) is 42.5 Å². The van der Waals surface area contributed by atoms with Crippen LogP contribution in [0.3, 0.4) is 0 Å². The van der Waals surface area contributed by atoms with Gasteiger partial charge in [0.15, 0.2) is 0 Å². The number of ether oxygens (including phenoxy) is 1. The molecule has 0 saturated carbocycles. The van der Waals surface area contributed by atoms with Gasteiger partial charge in [-0.15, -0.1) is 0 Å². The van der Waals surface area contributed by atoms with Crippen molar-refractivity contribution in [1.29, 1.82) is 0 Å². The van der Waals surface area contributed by atoms with Gasteiger partial charge in [-0.2, -0.15) is 0 Å². The van der Waals surface area contributed by atoms with Gasteiger partial charge in [-0.1, -0.05) is 24.3 Å². The molecule has 0 heterocycles. The van der Waals surface area contributed by atoms with E-state index < -0.39 is 0 Å². The summed E-state index contributed by atoms with van der Waals surface area (Å²) in [5.74, 6) is 1.77. The topological polar surface area (TPSA) is 9.23 Å². The van der Waals surface area contributed by atoms with Gasteiger partial charge in [0.05, 0.1) is 0 Å². The summed E-state index contributed by atoms with van der Waals surface area (Å²) in [6.45, 7) is 4.11. The molecule has 1 radical (unpaired) electrons. The minimum atomic E-state index is 0.849. The van der Waals surface area contributed by atoms with Gasteiger partial charge < -0.3 is 4.74 Å². The monoisotopic (exact) mass is 197 g/mol. The zero-order valence-corrected chi connectivity index (χ0v) is 8.95. The second kappa shape index (κ2) is 4.18. The van der Waals surface area contributed by atoms with E-state index in [1.54, 1.807) is 0 Å². The highest BCUT2D eigenvalue weighted by Gasteiger charge is 2.00. The predicted molar refractivity (Wildman–Crippen MR) is 61.3 cm³/mol. The third-order valence-electron chi connectivity index (χ3n) is 2.26. The molecular formula is C14H13O. The molecule has 0 bridgehead atoms. The van der Waals surface area contributed by atoms with E-state index in [9.17, 15) is 0 Å². The maximum Gasteiger partial charge on any atom is 0.130 e. The van der Waals surface area contributed by atoms with Crippen LogP contribution in [0.5, 0.6) is 11.5 Å². The summed E-state index contributed by atoms with van der Waals surface area (Å²) < 4.78 is 5.77. The first-order valence-corrected chi connectivity index (χ1v) is 4.97. The molecule has 0 amide bonds. The van der Waals surface area contributed by atoms with Crippen LogP contribution in [0.1, 0.15) is 11.1 Å². The zero-order chi connectivity index (χ0) is 10.7. The van der Waals surface area contributed by atoms with E-state index >= 15 is 0 Å². The highest BCUT2D eigenvalue weighted by Crippen LogP contribution is 2.25. The van der Waals surface area contributed by atoms with Crippen molar-refractivity contribution in [3.8, 4) is 11.5 Å². The van der Waals surface area contributed by atoms with Crippen molar-refractivity contribution in [3.05, 3.63) is 59.7 Å². The lowest BCUT2D eigenvalue weighted by molar-refractivity contribution is 0.478. The molecule has 0 aromatic heterocycles. The Balaban J connectivity index is 2.28. The molecule has 0 unspecified atom stereocenters. The van der Waals surface area contributed by atoms with Crippen LogP contribution in [0.4, 0.5) is 0 Å². The lowest BCUT2D eigenvalue weighted by Gasteiger charge is -2.08. The van der Waals surface area contributed by atoms with Gasteiger partial charge in [0.25, 0.3) is 0 Å². The number of rotatable bonds is 2. The van der Waals surface area contributed by atoms with Gasteiger partial charge in [-0.05, 0) is 49.2 Å². The van der Waals surface area contributed by atoms with Crippen LogP contribution >= 0.6 is 0 Å². The molecule has 0 aliphatic rings. The molecule has 0 saturated heterocycles. The van der Waals surface area contributed by atoms with E-state index in [2.05, 4.69) is 25.1 Å². The Kier molecular flexibility index (Phi) is 2.72. The normalized spacial score (nSPS) is 10.0. The van der Waals surface area contributed by atoms with Gasteiger partial charge >= 0.3 is 0 Å². The Hall–Kier alpha value is -1.76. The largest absolute Gasteiger partial charge is 0.457 e. The maximum atomic E-state index is 5.77. The molecule has 2 aromatic carbocycles. The van der Waals surface area contributed by atoms with Crippen LogP contribution in [-0.2, 0) is 0 Å². The van der Waals surface area contributed by atoms with Gasteiger partial charge in [0.1, 0.15) is 11.5 Å². The Labute approximate surface area is 90.3 Å². The van der Waals surface area contributed by atoms with Gasteiger partial charge in [-0.3, -0.25) is 0 Å². The molecule has 0 aliphatic carbocycles. The number of benzene rings is 2. The average Bonchev–Trinajstić information content (AvgIpc) is 2.25. The second-order valence-corrected chi connectivity index (χ2v) is 3.61. The first-order valence-electron chi connectivity index (χ1n) is 4.97. The smallest absolute Gasteiger partial charge is 0.130 e. The highest BCUT2D eigenvalue weighted by molar-refractivity contribution is 5.39. The lowest BCUT2D eigenvalue weighted by Crippen LogP contribution is -1.87. The minimum absolute atomic E-state index is 0.849. The van der Waals surface area contributed by atoms with Gasteiger partial charge in [-0.25, -0.2) is 0 Å². The standard InChI is InChI=1S/C14H13O/c1-11-8-9-12(2)14(10-11)15-13-6-4-3-5-7-13/h4-10H,1-2H3. The fourth-order valence-electron chi connectivity index (χ4n) is 1.38. The SMILES string of the molecule is Cc1ccc(C)c(Oc2cc[c]cc2)c1. The van der Waals surface area contributed by atoms with Gasteiger partial charge in [0.2, 0.25) is 0 Å². The summed E-state index contributed by atoms with van der Waals surface area (Å²) in [6, 6.07) is 16.7. The second-order valence-electron chi connectivity index (χ2n) is 3.61. The number of hydrogen-bond acceptors (Lipinski definition) is 1. The molecule has 0 atom stereocenters. The van der Waals surface area contributed by atoms with Crippen molar-refractivity contribution in [2.75, 3.05) is 0 Å². The molecule has 2 aromatic rings. The predicted octanol–water partition coefficient (Wildman–Crippen LogP) is 3.90. The van der Waals surface area contributed by atoms with Gasteiger partial charge in [0, 0.05) is 0 Å². The average molecular weight is 197 g/mol. The van der Waals surface area contributed by atoms with E-state index in [0.717, 1.165) is 17.1 Å². The summed E-state index contributed by atoms with van der Waals surface area (Å²) in [5, 5.41) is 0. The van der Waals surface area contributed by atoms with Crippen LogP contribution in [0, 0.1) is 19.9 Å². The molecule has 1 heteroatoms. The first-order chi connectivity index (χ1) is 7.25. The molecule has 0 spiro atoms. The van der Waals surface area contributed by atoms with E-state index in [-0.39, 0.29) is 0 Å². The Morgan fingerprint density at radius 1 is 1.00 bits per heavy atom. The molecular weight excluding hydrogens is 184 g/mol. The third kappa shape index (κ3) is 2.38. The lowest BCUT2D eigenvalue weighted by atomic mass is 10.1. The Morgan fingerprint density at radius 2 is 1.73 bits per heavy atom. The van der Waals surface area contributed by atoms with Crippen molar-refractivity contribution >= 4 is 0 Å². The highest BCUT2D eigenvalue weighted by atomic mass is 16.5. The molecule has 0 N–H and O–H groups in total. The third-order valence-corrected chi connectivity index (χ3v) is 2.26. The Morgan fingerprint density at radius 3 is 2.47 bits per heavy atom. The molecule has 0 aliphatic heterocycles. The summed E-state index contributed by atoms with van der Waals surface area (Å²) in [6.07, 6.45) is 0. The summed E-state index contributed by atoms with van der Waals surface area (Å²) >= 11 is 0. The zero-order valence-electron chi connectivity index (χ0n) is 8.95. The molecule has 0 fully saturated rings. The van der Waals surface area contributed by atoms with E-state index in [1.807, 2.05) is 37.3 Å². The molecule has 1 nitrogen and oxygen atoms in total. The first kappa shape index (κ1) is 9.78. The fourth-order valence-corrected chi connectivity index (χ4v) is 1.38. The molecule has 15 heavy (non-hydrogen) atoms. The van der Waals surface area contributed by atoms with Crippen LogP contribution < -0.4 is 4.74 Å². The van der Waals surface area contributed by atoms with E-state index in [1.165, 1.54) is 5.56 Å².